The van der Waals surface area contributed by atoms with Gasteiger partial charge in [0, 0.05) is 23.7 Å². The molecule has 0 radical (unpaired) electrons. The second-order valence-corrected chi connectivity index (χ2v) is 12.0. The molecule has 0 aromatic heterocycles. The molecule has 3 aromatic carbocycles. The first-order valence-corrected chi connectivity index (χ1v) is 15.2. The Kier molecular flexibility index (Phi) is 9.77. The minimum atomic E-state index is -4.20. The molecule has 0 saturated heterocycles. The van der Waals surface area contributed by atoms with Gasteiger partial charge in [-0.25, -0.2) is 8.42 Å². The minimum absolute atomic E-state index is 0.00790. The summed E-state index contributed by atoms with van der Waals surface area (Å²) in [6.45, 7) is 5.57. The molecule has 9 nitrogen and oxygen atoms in total. The zero-order chi connectivity index (χ0) is 29.6. The van der Waals surface area contributed by atoms with E-state index in [1.807, 2.05) is 13.8 Å². The molecule has 3 aromatic rings. The van der Waals surface area contributed by atoms with Gasteiger partial charge in [-0.15, -0.1) is 0 Å². The van der Waals surface area contributed by atoms with Crippen LogP contribution in [0.1, 0.15) is 32.8 Å². The number of anilines is 1. The summed E-state index contributed by atoms with van der Waals surface area (Å²) in [4.78, 5) is 28.6. The summed E-state index contributed by atoms with van der Waals surface area (Å²) in [7, 11) is -4.20. The molecular formula is C30H34ClN3O6S. The molecule has 1 aliphatic heterocycles. The van der Waals surface area contributed by atoms with Gasteiger partial charge >= 0.3 is 0 Å². The number of halogens is 1. The van der Waals surface area contributed by atoms with Crippen LogP contribution in [0.2, 0.25) is 5.02 Å². The monoisotopic (exact) mass is 599 g/mol. The summed E-state index contributed by atoms with van der Waals surface area (Å²) in [5.74, 6) is -0.0644. The highest BCUT2D eigenvalue weighted by Crippen LogP contribution is 2.36. The van der Waals surface area contributed by atoms with Gasteiger partial charge in [0.1, 0.15) is 25.8 Å². The molecule has 218 valence electrons. The molecule has 11 heteroatoms. The average molecular weight is 600 g/mol. The number of ether oxygens (including phenoxy) is 2. The fourth-order valence-corrected chi connectivity index (χ4v) is 5.92. The highest BCUT2D eigenvalue weighted by molar-refractivity contribution is 7.92. The number of nitrogens with one attached hydrogen (secondary N) is 1. The van der Waals surface area contributed by atoms with Crippen LogP contribution in [0.25, 0.3) is 0 Å². The number of hydrogen-bond acceptors (Lipinski definition) is 6. The van der Waals surface area contributed by atoms with Gasteiger partial charge in [0.25, 0.3) is 10.0 Å². The topological polar surface area (TPSA) is 105 Å². The number of nitrogens with zero attached hydrogens (tertiary/aromatic N) is 2. The summed E-state index contributed by atoms with van der Waals surface area (Å²) in [5, 5.41) is 3.34. The van der Waals surface area contributed by atoms with Gasteiger partial charge in [0.2, 0.25) is 11.8 Å². The first-order chi connectivity index (χ1) is 19.6. The fourth-order valence-electron chi connectivity index (χ4n) is 4.29. The first-order valence-electron chi connectivity index (χ1n) is 13.4. The Morgan fingerprint density at radius 2 is 1.61 bits per heavy atom. The van der Waals surface area contributed by atoms with Crippen molar-refractivity contribution in [2.75, 3.05) is 24.1 Å². The van der Waals surface area contributed by atoms with Crippen LogP contribution >= 0.6 is 11.6 Å². The molecule has 0 unspecified atom stereocenters. The van der Waals surface area contributed by atoms with Crippen molar-refractivity contribution in [3.63, 3.8) is 0 Å². The molecule has 0 spiro atoms. The van der Waals surface area contributed by atoms with Crippen molar-refractivity contribution in [2.45, 2.75) is 50.7 Å². The molecule has 0 bridgehead atoms. The van der Waals surface area contributed by atoms with Gasteiger partial charge in [-0.1, -0.05) is 54.9 Å². The first kappa shape index (κ1) is 30.2. The van der Waals surface area contributed by atoms with Gasteiger partial charge in [0.05, 0.1) is 10.6 Å². The molecule has 4 rings (SSSR count). The normalized spacial score (nSPS) is 14.0. The third kappa shape index (κ3) is 7.12. The zero-order valence-electron chi connectivity index (χ0n) is 23.2. The highest BCUT2D eigenvalue weighted by Gasteiger charge is 2.33. The van der Waals surface area contributed by atoms with Crippen LogP contribution in [-0.4, -0.2) is 57.0 Å². The van der Waals surface area contributed by atoms with Crippen LogP contribution in [0, 0.1) is 0 Å². The van der Waals surface area contributed by atoms with Crippen LogP contribution in [-0.2, 0) is 26.2 Å². The van der Waals surface area contributed by atoms with Crippen molar-refractivity contribution < 1.29 is 27.5 Å². The quantitative estimate of drug-likeness (QED) is 0.344. The van der Waals surface area contributed by atoms with Gasteiger partial charge < -0.3 is 19.7 Å². The second kappa shape index (κ2) is 13.3. The molecule has 0 fully saturated rings. The van der Waals surface area contributed by atoms with Crippen LogP contribution in [0.5, 0.6) is 11.5 Å². The molecule has 1 N–H and O–H groups in total. The fraction of sp³-hybridized carbons (Fsp3) is 0.333. The lowest BCUT2D eigenvalue weighted by Crippen LogP contribution is -2.52. The molecule has 0 saturated carbocycles. The minimum Gasteiger partial charge on any atom is -0.486 e. The Morgan fingerprint density at radius 1 is 0.951 bits per heavy atom. The number of carbonyl (C=O) groups is 2. The van der Waals surface area contributed by atoms with E-state index in [9.17, 15) is 18.0 Å². The molecular weight excluding hydrogens is 566 g/mol. The number of rotatable bonds is 11. The average Bonchev–Trinajstić information content (AvgIpc) is 2.99. The standard InChI is InChI=1S/C30H34ClN3O6S/c1-4-21(2)32-30(36)22(3)33(19-23-10-8-9-13-26(23)31)29(35)20-34(41(37,38)25-11-6-5-7-12-25)24-14-15-27-28(18-24)40-17-16-39-27/h5-15,18,21-22H,4,16-17,19-20H2,1-3H3,(H,32,36)/t21-,22-/m0/s1. The number of hydrogen-bond donors (Lipinski definition) is 1. The largest absolute Gasteiger partial charge is 0.486 e. The van der Waals surface area contributed by atoms with Crippen LogP contribution in [0.4, 0.5) is 5.69 Å². The third-order valence-electron chi connectivity index (χ3n) is 6.89. The maximum atomic E-state index is 14.1. The van der Waals surface area contributed by atoms with E-state index in [1.165, 1.54) is 17.0 Å². The van der Waals surface area contributed by atoms with Crippen molar-refractivity contribution in [3.05, 3.63) is 83.4 Å². The maximum Gasteiger partial charge on any atom is 0.264 e. The van der Waals surface area contributed by atoms with Gasteiger partial charge in [0.15, 0.2) is 11.5 Å². The van der Waals surface area contributed by atoms with E-state index in [0.29, 0.717) is 41.7 Å². The summed E-state index contributed by atoms with van der Waals surface area (Å²) >= 11 is 6.42. The van der Waals surface area contributed by atoms with E-state index in [-0.39, 0.29) is 29.1 Å². The smallest absolute Gasteiger partial charge is 0.264 e. The number of fused-ring (bicyclic) bond motifs is 1. The maximum absolute atomic E-state index is 14.1. The lowest BCUT2D eigenvalue weighted by Gasteiger charge is -2.33. The van der Waals surface area contributed by atoms with Gasteiger partial charge in [-0.3, -0.25) is 13.9 Å². The van der Waals surface area contributed by atoms with E-state index in [0.717, 1.165) is 4.31 Å². The summed E-state index contributed by atoms with van der Waals surface area (Å²) in [5.41, 5.74) is 0.850. The van der Waals surface area contributed by atoms with Crippen molar-refractivity contribution in [2.24, 2.45) is 0 Å². The highest BCUT2D eigenvalue weighted by atomic mass is 35.5. The molecule has 41 heavy (non-hydrogen) atoms. The molecule has 0 aliphatic carbocycles. The van der Waals surface area contributed by atoms with Crippen molar-refractivity contribution in [1.82, 2.24) is 10.2 Å². The molecule has 2 atom stereocenters. The van der Waals surface area contributed by atoms with E-state index in [2.05, 4.69) is 5.32 Å². The molecule has 2 amide bonds. The Hall–Kier alpha value is -3.76. The Labute approximate surface area is 246 Å². The second-order valence-electron chi connectivity index (χ2n) is 9.76. The van der Waals surface area contributed by atoms with E-state index in [4.69, 9.17) is 21.1 Å². The van der Waals surface area contributed by atoms with E-state index < -0.39 is 28.5 Å². The summed E-state index contributed by atoms with van der Waals surface area (Å²) < 4.78 is 40.2. The predicted molar refractivity (Wildman–Crippen MR) is 158 cm³/mol. The number of carbonyl (C=O) groups excluding carboxylic acids is 2. The van der Waals surface area contributed by atoms with Gasteiger partial charge in [-0.05, 0) is 56.2 Å². The van der Waals surface area contributed by atoms with Crippen molar-refractivity contribution in [3.8, 4) is 11.5 Å². The van der Waals surface area contributed by atoms with Gasteiger partial charge in [-0.2, -0.15) is 0 Å². The number of benzene rings is 3. The summed E-state index contributed by atoms with van der Waals surface area (Å²) in [6.07, 6.45) is 0.712. The lowest BCUT2D eigenvalue weighted by molar-refractivity contribution is -0.139. The molecule has 1 aliphatic rings. The summed E-state index contributed by atoms with van der Waals surface area (Å²) in [6, 6.07) is 18.6. The number of amides is 2. The number of sulfonamides is 1. The van der Waals surface area contributed by atoms with Crippen LogP contribution in [0.3, 0.4) is 0 Å². The third-order valence-corrected chi connectivity index (χ3v) is 9.05. The SMILES string of the molecule is CC[C@H](C)NC(=O)[C@H](C)N(Cc1ccccc1Cl)C(=O)CN(c1ccc2c(c1)OCCO2)S(=O)(=O)c1ccccc1. The van der Waals surface area contributed by atoms with Crippen molar-refractivity contribution in [1.29, 1.82) is 0 Å². The van der Waals surface area contributed by atoms with Crippen LogP contribution < -0.4 is 19.1 Å². The molecule has 1 heterocycles. The Balaban J connectivity index is 1.73. The van der Waals surface area contributed by atoms with E-state index in [1.54, 1.807) is 67.6 Å². The zero-order valence-corrected chi connectivity index (χ0v) is 24.8. The van der Waals surface area contributed by atoms with Crippen molar-refractivity contribution >= 4 is 39.1 Å². The Morgan fingerprint density at radius 3 is 2.29 bits per heavy atom. The van der Waals surface area contributed by atoms with Crippen LogP contribution in [0.15, 0.2) is 77.7 Å². The predicted octanol–water partition coefficient (Wildman–Crippen LogP) is 4.64. The lowest BCUT2D eigenvalue weighted by atomic mass is 10.1. The Bertz CT molecular complexity index is 1480. The van der Waals surface area contributed by atoms with E-state index >= 15 is 0 Å².